The summed E-state index contributed by atoms with van der Waals surface area (Å²) in [5.74, 6) is 3.72. The van der Waals surface area contributed by atoms with Crippen molar-refractivity contribution in [3.05, 3.63) is 29.8 Å². The average Bonchev–Trinajstić information content (AvgIpc) is 3.17. The Hall–Kier alpha value is -2.04. The Morgan fingerprint density at radius 1 is 1.03 bits per heavy atom. The van der Waals surface area contributed by atoms with Crippen molar-refractivity contribution in [3.63, 3.8) is 0 Å². The zero-order chi connectivity index (χ0) is 24.1. The predicted molar refractivity (Wildman–Crippen MR) is 136 cm³/mol. The number of nitrogens with one attached hydrogen (secondary N) is 3. The number of benzene rings is 1. The number of amides is 3. The minimum absolute atomic E-state index is 0.107. The van der Waals surface area contributed by atoms with Crippen LogP contribution in [0.15, 0.2) is 24.3 Å². The molecule has 8 atom stereocenters. The molecule has 1 saturated heterocycles. The monoisotopic (exact) mass is 465 g/mol. The van der Waals surface area contributed by atoms with Gasteiger partial charge in [-0.3, -0.25) is 4.79 Å². The number of carbonyl (C=O) groups is 2. The van der Waals surface area contributed by atoms with E-state index in [2.05, 4.69) is 36.7 Å². The van der Waals surface area contributed by atoms with E-state index < -0.39 is 0 Å². The van der Waals surface area contributed by atoms with Crippen molar-refractivity contribution >= 4 is 17.6 Å². The Balaban J connectivity index is 1.21. The normalized spacial score (nSPS) is 39.8. The third kappa shape index (κ3) is 4.03. The standard InChI is InChI=1S/C29H43N3O2/c1-18-5-7-20(8-6-18)31-27(34)30-17-19(2)22-10-11-23-21-9-12-25-29(4,16-14-26(33)32-25)24(21)13-15-28(22,23)3/h5-8,19,21-25H,9-17H2,1-4H3,(H,32,33)(H2,30,31,34)/t19?,21-,22+,23-,24-,25?,28+,29+/m0/s1. The fraction of sp³-hybridized carbons (Fsp3) is 0.724. The molecule has 0 aromatic heterocycles. The summed E-state index contributed by atoms with van der Waals surface area (Å²) >= 11 is 0. The number of anilines is 1. The molecule has 1 aromatic carbocycles. The lowest BCUT2D eigenvalue weighted by atomic mass is 9.46. The number of urea groups is 1. The number of hydrogen-bond donors (Lipinski definition) is 3. The molecule has 34 heavy (non-hydrogen) atoms. The molecule has 1 aliphatic heterocycles. The second-order valence-corrected chi connectivity index (χ2v) is 12.5. The maximum absolute atomic E-state index is 12.5. The Morgan fingerprint density at radius 2 is 1.76 bits per heavy atom. The van der Waals surface area contributed by atoms with Gasteiger partial charge < -0.3 is 16.0 Å². The van der Waals surface area contributed by atoms with Crippen LogP contribution in [0.3, 0.4) is 0 Å². The van der Waals surface area contributed by atoms with Gasteiger partial charge in [0.05, 0.1) is 0 Å². The second kappa shape index (κ2) is 8.87. The number of rotatable bonds is 4. The van der Waals surface area contributed by atoms with Crippen LogP contribution in [-0.2, 0) is 4.79 Å². The zero-order valence-electron chi connectivity index (χ0n) is 21.5. The van der Waals surface area contributed by atoms with Crippen LogP contribution >= 0.6 is 0 Å². The quantitative estimate of drug-likeness (QED) is 0.519. The number of piperidine rings is 1. The summed E-state index contributed by atoms with van der Waals surface area (Å²) in [6.45, 7) is 10.1. The molecule has 3 aliphatic carbocycles. The van der Waals surface area contributed by atoms with Gasteiger partial charge in [0.25, 0.3) is 0 Å². The molecule has 5 nitrogen and oxygen atoms in total. The van der Waals surface area contributed by atoms with E-state index in [1.54, 1.807) is 0 Å². The van der Waals surface area contributed by atoms with Crippen LogP contribution in [0.2, 0.25) is 0 Å². The molecular formula is C29H43N3O2. The predicted octanol–water partition coefficient (Wildman–Crippen LogP) is 5.89. The Labute approximate surface area is 205 Å². The second-order valence-electron chi connectivity index (χ2n) is 12.5. The van der Waals surface area contributed by atoms with E-state index in [9.17, 15) is 9.59 Å². The smallest absolute Gasteiger partial charge is 0.319 e. The van der Waals surface area contributed by atoms with Crippen molar-refractivity contribution in [2.24, 2.45) is 40.4 Å². The van der Waals surface area contributed by atoms with Gasteiger partial charge in [-0.2, -0.15) is 0 Å². The Morgan fingerprint density at radius 3 is 2.53 bits per heavy atom. The van der Waals surface area contributed by atoms with Gasteiger partial charge in [0, 0.05) is 24.7 Å². The van der Waals surface area contributed by atoms with Crippen LogP contribution in [-0.4, -0.2) is 24.5 Å². The van der Waals surface area contributed by atoms with Gasteiger partial charge in [0.1, 0.15) is 0 Å². The van der Waals surface area contributed by atoms with Gasteiger partial charge >= 0.3 is 6.03 Å². The molecule has 5 heteroatoms. The maximum Gasteiger partial charge on any atom is 0.319 e. The minimum atomic E-state index is -0.107. The lowest BCUT2D eigenvalue weighted by molar-refractivity contribution is -0.137. The largest absolute Gasteiger partial charge is 0.353 e. The first-order valence-corrected chi connectivity index (χ1v) is 13.6. The van der Waals surface area contributed by atoms with Crippen LogP contribution in [0.5, 0.6) is 0 Å². The van der Waals surface area contributed by atoms with Crippen LogP contribution in [0.1, 0.15) is 77.7 Å². The summed E-state index contributed by atoms with van der Waals surface area (Å²) in [7, 11) is 0. The zero-order valence-corrected chi connectivity index (χ0v) is 21.5. The Kier molecular flexibility index (Phi) is 6.18. The van der Waals surface area contributed by atoms with E-state index in [4.69, 9.17) is 0 Å². The van der Waals surface area contributed by atoms with Gasteiger partial charge in [-0.25, -0.2) is 4.79 Å². The van der Waals surface area contributed by atoms with E-state index in [-0.39, 0.29) is 17.4 Å². The lowest BCUT2D eigenvalue weighted by Gasteiger charge is -2.60. The maximum atomic E-state index is 12.5. The summed E-state index contributed by atoms with van der Waals surface area (Å²) in [5, 5.41) is 9.47. The lowest BCUT2D eigenvalue weighted by Crippen LogP contribution is -2.61. The summed E-state index contributed by atoms with van der Waals surface area (Å²) in [5.41, 5.74) is 2.67. The number of aryl methyl sites for hydroxylation is 1. The summed E-state index contributed by atoms with van der Waals surface area (Å²) in [6, 6.07) is 8.21. The van der Waals surface area contributed by atoms with Crippen LogP contribution in [0, 0.1) is 47.3 Å². The first kappa shape index (κ1) is 23.7. The highest BCUT2D eigenvalue weighted by atomic mass is 16.2. The third-order valence-corrected chi connectivity index (χ3v) is 10.7. The first-order valence-electron chi connectivity index (χ1n) is 13.6. The van der Waals surface area contributed by atoms with E-state index >= 15 is 0 Å². The van der Waals surface area contributed by atoms with Crippen molar-refractivity contribution in [1.29, 1.82) is 0 Å². The van der Waals surface area contributed by atoms with Crippen molar-refractivity contribution in [2.45, 2.75) is 85.1 Å². The molecule has 4 aliphatic rings. The van der Waals surface area contributed by atoms with Crippen molar-refractivity contribution in [2.75, 3.05) is 11.9 Å². The van der Waals surface area contributed by atoms with Crippen molar-refractivity contribution < 1.29 is 9.59 Å². The van der Waals surface area contributed by atoms with Crippen molar-refractivity contribution in [3.8, 4) is 0 Å². The van der Waals surface area contributed by atoms with Gasteiger partial charge in [-0.15, -0.1) is 0 Å². The highest BCUT2D eigenvalue weighted by Crippen LogP contribution is 2.66. The first-order chi connectivity index (χ1) is 16.2. The summed E-state index contributed by atoms with van der Waals surface area (Å²) in [4.78, 5) is 24.6. The molecule has 3 amide bonds. The number of hydrogen-bond acceptors (Lipinski definition) is 2. The molecule has 4 fully saturated rings. The molecule has 2 unspecified atom stereocenters. The van der Waals surface area contributed by atoms with Gasteiger partial charge in [0.2, 0.25) is 5.91 Å². The molecule has 1 aromatic rings. The SMILES string of the molecule is Cc1ccc(NC(=O)NCC(C)[C@H]2CC[C@H]3[C@@H]4CCC5NC(=O)CC[C@]5(C)[C@H]4CC[C@]23C)cc1. The fourth-order valence-electron chi connectivity index (χ4n) is 8.89. The minimum Gasteiger partial charge on any atom is -0.353 e. The van der Waals surface area contributed by atoms with E-state index in [1.807, 2.05) is 31.2 Å². The van der Waals surface area contributed by atoms with E-state index in [1.165, 1.54) is 37.7 Å². The average molecular weight is 466 g/mol. The molecule has 0 bridgehead atoms. The van der Waals surface area contributed by atoms with E-state index in [0.717, 1.165) is 42.8 Å². The highest BCUT2D eigenvalue weighted by molar-refractivity contribution is 5.89. The molecule has 3 saturated carbocycles. The molecule has 5 rings (SSSR count). The molecule has 1 heterocycles. The number of fused-ring (bicyclic) bond motifs is 5. The molecular weight excluding hydrogens is 422 g/mol. The molecule has 0 spiro atoms. The third-order valence-electron chi connectivity index (χ3n) is 10.7. The van der Waals surface area contributed by atoms with Crippen LogP contribution in [0.25, 0.3) is 0 Å². The van der Waals surface area contributed by atoms with E-state index in [0.29, 0.717) is 29.7 Å². The fourth-order valence-corrected chi connectivity index (χ4v) is 8.89. The Bertz CT molecular complexity index is 930. The molecule has 3 N–H and O–H groups in total. The van der Waals surface area contributed by atoms with Gasteiger partial charge in [-0.1, -0.05) is 38.5 Å². The molecule has 186 valence electrons. The number of carbonyl (C=O) groups excluding carboxylic acids is 2. The van der Waals surface area contributed by atoms with Gasteiger partial charge in [0.15, 0.2) is 0 Å². The van der Waals surface area contributed by atoms with Crippen LogP contribution < -0.4 is 16.0 Å². The topological polar surface area (TPSA) is 70.2 Å². The van der Waals surface area contributed by atoms with Crippen LogP contribution in [0.4, 0.5) is 10.5 Å². The van der Waals surface area contributed by atoms with Gasteiger partial charge in [-0.05, 0) is 104 Å². The van der Waals surface area contributed by atoms with Crippen molar-refractivity contribution in [1.82, 2.24) is 10.6 Å². The summed E-state index contributed by atoms with van der Waals surface area (Å²) < 4.78 is 0. The summed E-state index contributed by atoms with van der Waals surface area (Å²) in [6.07, 6.45) is 9.38. The highest BCUT2D eigenvalue weighted by Gasteiger charge is 2.60. The molecule has 0 radical (unpaired) electrons.